The zero-order chi connectivity index (χ0) is 20.2. The second-order valence-corrected chi connectivity index (χ2v) is 6.16. The summed E-state index contributed by atoms with van der Waals surface area (Å²) in [5.74, 6) is 1.66. The van der Waals surface area contributed by atoms with Crippen LogP contribution in [0.25, 0.3) is 0 Å². The zero-order valence-electron chi connectivity index (χ0n) is 16.3. The molecular formula is C21H28FN3O3. The third-order valence-corrected chi connectivity index (χ3v) is 3.93. The van der Waals surface area contributed by atoms with Crippen molar-refractivity contribution in [1.82, 2.24) is 10.6 Å². The average Bonchev–Trinajstić information content (AvgIpc) is 2.72. The Balaban J connectivity index is 1.75. The number of methoxy groups -OCH3 is 1. The maximum atomic E-state index is 12.9. The van der Waals surface area contributed by atoms with Crippen LogP contribution in [0.15, 0.2) is 53.5 Å². The quantitative estimate of drug-likeness (QED) is 0.430. The molecule has 0 saturated carbocycles. The molecule has 2 aromatic rings. The molecule has 0 spiro atoms. The van der Waals surface area contributed by atoms with Crippen molar-refractivity contribution in [2.24, 2.45) is 4.99 Å². The van der Waals surface area contributed by atoms with Gasteiger partial charge in [0.2, 0.25) is 0 Å². The number of benzene rings is 2. The number of aliphatic imine (C=N–C) groups is 1. The minimum absolute atomic E-state index is 0.0837. The Labute approximate surface area is 165 Å². The first kappa shape index (κ1) is 21.5. The molecule has 0 fully saturated rings. The van der Waals surface area contributed by atoms with Gasteiger partial charge in [0.25, 0.3) is 0 Å². The minimum atomic E-state index is -0.762. The van der Waals surface area contributed by atoms with Gasteiger partial charge in [-0.15, -0.1) is 0 Å². The van der Waals surface area contributed by atoms with Crippen LogP contribution in [0.1, 0.15) is 12.5 Å². The Hall–Kier alpha value is -2.80. The summed E-state index contributed by atoms with van der Waals surface area (Å²) in [4.78, 5) is 4.38. The minimum Gasteiger partial charge on any atom is -0.497 e. The third kappa shape index (κ3) is 7.84. The Bertz CT molecular complexity index is 721. The van der Waals surface area contributed by atoms with Crippen LogP contribution in [0.5, 0.6) is 11.5 Å². The van der Waals surface area contributed by atoms with Gasteiger partial charge >= 0.3 is 0 Å². The van der Waals surface area contributed by atoms with Gasteiger partial charge in [0.1, 0.15) is 30.0 Å². The molecule has 1 unspecified atom stereocenters. The van der Waals surface area contributed by atoms with E-state index in [1.54, 1.807) is 7.11 Å². The van der Waals surface area contributed by atoms with E-state index in [0.29, 0.717) is 18.3 Å². The Kier molecular flexibility index (Phi) is 9.07. The number of hydrogen-bond donors (Lipinski definition) is 3. The Morgan fingerprint density at radius 1 is 1.07 bits per heavy atom. The number of aliphatic hydroxyl groups excluding tert-OH is 1. The second kappa shape index (κ2) is 11.8. The van der Waals surface area contributed by atoms with Crippen LogP contribution in [0.3, 0.4) is 0 Å². The number of rotatable bonds is 10. The largest absolute Gasteiger partial charge is 0.497 e. The van der Waals surface area contributed by atoms with E-state index in [-0.39, 0.29) is 19.0 Å². The number of nitrogens with zero attached hydrogens (tertiary/aromatic N) is 1. The molecule has 152 valence electrons. The standard InChI is InChI=1S/C21H28FN3O3/c1-3-23-21(24-13-12-16-4-8-19(27-2)9-5-16)25-14-18(26)15-28-20-10-6-17(22)7-11-20/h4-11,18,26H,3,12-15H2,1-2H3,(H2,23,24,25). The lowest BCUT2D eigenvalue weighted by Crippen LogP contribution is -2.39. The summed E-state index contributed by atoms with van der Waals surface area (Å²) in [6.07, 6.45) is 0.0760. The second-order valence-electron chi connectivity index (χ2n) is 6.16. The summed E-state index contributed by atoms with van der Waals surface area (Å²) in [7, 11) is 1.65. The Morgan fingerprint density at radius 3 is 2.39 bits per heavy atom. The highest BCUT2D eigenvalue weighted by Gasteiger charge is 2.06. The van der Waals surface area contributed by atoms with Crippen molar-refractivity contribution in [1.29, 1.82) is 0 Å². The van der Waals surface area contributed by atoms with Crippen LogP contribution in [0.2, 0.25) is 0 Å². The van der Waals surface area contributed by atoms with Crippen LogP contribution in [0.4, 0.5) is 4.39 Å². The normalized spacial score (nSPS) is 12.4. The molecule has 28 heavy (non-hydrogen) atoms. The smallest absolute Gasteiger partial charge is 0.191 e. The molecule has 0 aromatic heterocycles. The number of hydrogen-bond acceptors (Lipinski definition) is 4. The molecule has 6 nitrogen and oxygen atoms in total. The molecular weight excluding hydrogens is 361 g/mol. The first-order valence-electron chi connectivity index (χ1n) is 9.32. The first-order chi connectivity index (χ1) is 13.6. The summed E-state index contributed by atoms with van der Waals surface area (Å²) in [6.45, 7) is 3.69. The molecule has 0 amide bonds. The summed E-state index contributed by atoms with van der Waals surface area (Å²) < 4.78 is 23.5. The fraction of sp³-hybridized carbons (Fsp3) is 0.381. The van der Waals surface area contributed by atoms with Crippen molar-refractivity contribution in [3.05, 3.63) is 59.9 Å². The molecule has 1 atom stereocenters. The van der Waals surface area contributed by atoms with E-state index in [1.807, 2.05) is 31.2 Å². The predicted molar refractivity (Wildman–Crippen MR) is 109 cm³/mol. The monoisotopic (exact) mass is 389 g/mol. The van der Waals surface area contributed by atoms with E-state index in [0.717, 1.165) is 18.7 Å². The van der Waals surface area contributed by atoms with Crippen molar-refractivity contribution in [3.8, 4) is 11.5 Å². The maximum Gasteiger partial charge on any atom is 0.191 e. The number of guanidine groups is 1. The first-order valence-corrected chi connectivity index (χ1v) is 9.32. The van der Waals surface area contributed by atoms with Crippen molar-refractivity contribution in [3.63, 3.8) is 0 Å². The fourth-order valence-corrected chi connectivity index (χ4v) is 2.43. The molecule has 0 aliphatic carbocycles. The van der Waals surface area contributed by atoms with Crippen LogP contribution in [0, 0.1) is 5.82 Å². The van der Waals surface area contributed by atoms with Crippen molar-refractivity contribution in [2.45, 2.75) is 19.4 Å². The van der Waals surface area contributed by atoms with Gasteiger partial charge in [-0.1, -0.05) is 12.1 Å². The molecule has 3 N–H and O–H groups in total. The van der Waals surface area contributed by atoms with E-state index in [2.05, 4.69) is 15.6 Å². The number of nitrogens with one attached hydrogen (secondary N) is 2. The summed E-state index contributed by atoms with van der Waals surface area (Å²) in [5, 5.41) is 16.5. The van der Waals surface area contributed by atoms with Gasteiger partial charge < -0.3 is 25.2 Å². The molecule has 7 heteroatoms. The van der Waals surface area contributed by atoms with Crippen LogP contribution in [-0.2, 0) is 6.42 Å². The molecule has 0 aliphatic heterocycles. The van der Waals surface area contributed by atoms with Crippen LogP contribution < -0.4 is 20.1 Å². The average molecular weight is 389 g/mol. The molecule has 0 radical (unpaired) electrons. The molecule has 2 rings (SSSR count). The molecule has 2 aromatic carbocycles. The van der Waals surface area contributed by atoms with Gasteiger partial charge in [-0.05, 0) is 55.3 Å². The maximum absolute atomic E-state index is 12.9. The van der Waals surface area contributed by atoms with Gasteiger partial charge in [0.15, 0.2) is 5.96 Å². The molecule has 0 bridgehead atoms. The topological polar surface area (TPSA) is 75.1 Å². The number of ether oxygens (including phenoxy) is 2. The van der Waals surface area contributed by atoms with E-state index >= 15 is 0 Å². The van der Waals surface area contributed by atoms with Crippen molar-refractivity contribution >= 4 is 5.96 Å². The third-order valence-electron chi connectivity index (χ3n) is 3.93. The number of halogens is 1. The lowest BCUT2D eigenvalue weighted by atomic mass is 10.1. The van der Waals surface area contributed by atoms with Crippen LogP contribution >= 0.6 is 0 Å². The zero-order valence-corrected chi connectivity index (χ0v) is 16.3. The van der Waals surface area contributed by atoms with Gasteiger partial charge in [-0.3, -0.25) is 4.99 Å². The number of aliphatic hydroxyl groups is 1. The van der Waals surface area contributed by atoms with E-state index in [4.69, 9.17) is 9.47 Å². The van der Waals surface area contributed by atoms with Gasteiger partial charge in [-0.2, -0.15) is 0 Å². The van der Waals surface area contributed by atoms with Gasteiger partial charge in [0, 0.05) is 13.1 Å². The fourth-order valence-electron chi connectivity index (χ4n) is 2.43. The molecule has 0 heterocycles. The molecule has 0 saturated heterocycles. The van der Waals surface area contributed by atoms with Gasteiger partial charge in [-0.25, -0.2) is 4.39 Å². The summed E-state index contributed by atoms with van der Waals surface area (Å²) in [6, 6.07) is 13.6. The highest BCUT2D eigenvalue weighted by Crippen LogP contribution is 2.12. The summed E-state index contributed by atoms with van der Waals surface area (Å²) in [5.41, 5.74) is 1.19. The van der Waals surface area contributed by atoms with Crippen molar-refractivity contribution < 1.29 is 19.0 Å². The highest BCUT2D eigenvalue weighted by molar-refractivity contribution is 5.79. The van der Waals surface area contributed by atoms with E-state index < -0.39 is 6.10 Å². The summed E-state index contributed by atoms with van der Waals surface area (Å²) >= 11 is 0. The lowest BCUT2D eigenvalue weighted by molar-refractivity contribution is 0.114. The molecule has 0 aliphatic rings. The van der Waals surface area contributed by atoms with E-state index in [1.165, 1.54) is 29.8 Å². The van der Waals surface area contributed by atoms with Crippen LogP contribution in [-0.4, -0.2) is 50.5 Å². The SMILES string of the molecule is CCNC(=NCC(O)COc1ccc(F)cc1)NCCc1ccc(OC)cc1. The Morgan fingerprint density at radius 2 is 1.75 bits per heavy atom. The van der Waals surface area contributed by atoms with Gasteiger partial charge in [0.05, 0.1) is 13.7 Å². The lowest BCUT2D eigenvalue weighted by Gasteiger charge is -2.14. The predicted octanol–water partition coefficient (Wildman–Crippen LogP) is 2.37. The highest BCUT2D eigenvalue weighted by atomic mass is 19.1. The van der Waals surface area contributed by atoms with E-state index in [9.17, 15) is 9.50 Å². The van der Waals surface area contributed by atoms with Crippen molar-refractivity contribution in [2.75, 3.05) is 33.4 Å².